The summed E-state index contributed by atoms with van der Waals surface area (Å²) in [6.45, 7) is 12.0. The normalized spacial score (nSPS) is 16.8. The Labute approximate surface area is 337 Å². The average Bonchev–Trinajstić information content (AvgIpc) is 3.95. The predicted molar refractivity (Wildman–Crippen MR) is 220 cm³/mol. The summed E-state index contributed by atoms with van der Waals surface area (Å²) >= 11 is 0. The number of nitrogens with one attached hydrogen (secondary N) is 4. The second-order valence-electron chi connectivity index (χ2n) is 14.7. The van der Waals surface area contributed by atoms with E-state index in [1.807, 2.05) is 37.1 Å². The van der Waals surface area contributed by atoms with E-state index in [0.717, 1.165) is 77.5 Å². The van der Waals surface area contributed by atoms with Gasteiger partial charge in [-0.05, 0) is 90.1 Å². The number of hydrogen-bond acceptors (Lipinski definition) is 6. The fraction of sp³-hybridized carbons (Fsp3) is 0.415. The number of rotatable bonds is 7. The van der Waals surface area contributed by atoms with Crippen molar-refractivity contribution in [2.75, 3.05) is 20.2 Å². The number of hydrogen-bond donors (Lipinski definition) is 4. The van der Waals surface area contributed by atoms with E-state index in [2.05, 4.69) is 100 Å². The van der Waals surface area contributed by atoms with Gasteiger partial charge < -0.3 is 30.2 Å². The van der Waals surface area contributed by atoms with Gasteiger partial charge in [-0.3, -0.25) is 4.79 Å². The van der Waals surface area contributed by atoms with Gasteiger partial charge in [-0.1, -0.05) is 70.9 Å². The summed E-state index contributed by atoms with van der Waals surface area (Å²) in [6, 6.07) is 14.1. The lowest BCUT2D eigenvalue weighted by Gasteiger charge is -2.30. The Morgan fingerprint density at radius 2 is 1.69 bits per heavy atom. The lowest BCUT2D eigenvalue weighted by Crippen LogP contribution is -2.51. The molecule has 2 aliphatic heterocycles. The Balaban J connectivity index is 0.00000261. The molecular formula is C41H50Cl3N7O3. The van der Waals surface area contributed by atoms with Crippen LogP contribution in [0, 0.1) is 29.6 Å². The molecule has 2 unspecified atom stereocenters. The number of amides is 2. The molecule has 0 radical (unpaired) electrons. The topological polar surface area (TPSA) is 128 Å². The molecule has 10 nitrogen and oxygen atoms in total. The molecule has 4 heterocycles. The van der Waals surface area contributed by atoms with Gasteiger partial charge in [0.2, 0.25) is 5.91 Å². The maximum atomic E-state index is 13.7. The van der Waals surface area contributed by atoms with Crippen LogP contribution in [0.2, 0.25) is 0 Å². The van der Waals surface area contributed by atoms with E-state index in [0.29, 0.717) is 6.54 Å². The van der Waals surface area contributed by atoms with Crippen molar-refractivity contribution >= 4 is 49.2 Å². The lowest BCUT2D eigenvalue weighted by molar-refractivity contribution is -0.135. The Morgan fingerprint density at radius 1 is 0.926 bits per heavy atom. The second kappa shape index (κ2) is 19.2. The van der Waals surface area contributed by atoms with Crippen molar-refractivity contribution < 1.29 is 14.3 Å². The molecule has 2 saturated heterocycles. The molecule has 0 saturated carbocycles. The highest BCUT2D eigenvalue weighted by molar-refractivity contribution is 5.87. The predicted octanol–water partition coefficient (Wildman–Crippen LogP) is 7.90. The quantitative estimate of drug-likeness (QED) is 0.141. The van der Waals surface area contributed by atoms with Crippen LogP contribution in [-0.4, -0.2) is 63.1 Å². The molecule has 6 rings (SSSR count). The largest absolute Gasteiger partial charge is 0.453 e. The van der Waals surface area contributed by atoms with Gasteiger partial charge in [-0.15, -0.1) is 37.2 Å². The van der Waals surface area contributed by atoms with Gasteiger partial charge in [0, 0.05) is 17.7 Å². The smallest absolute Gasteiger partial charge is 0.407 e. The molecule has 2 aromatic carbocycles. The summed E-state index contributed by atoms with van der Waals surface area (Å²) in [5.41, 5.74) is 6.67. The van der Waals surface area contributed by atoms with Gasteiger partial charge in [0.1, 0.15) is 23.4 Å². The molecule has 54 heavy (non-hydrogen) atoms. The number of alkyl carbamates (subject to hydrolysis) is 1. The van der Waals surface area contributed by atoms with Gasteiger partial charge in [-0.25, -0.2) is 14.8 Å². The van der Waals surface area contributed by atoms with E-state index in [9.17, 15) is 9.59 Å². The fourth-order valence-electron chi connectivity index (χ4n) is 6.75. The first kappa shape index (κ1) is 44.0. The molecule has 2 fully saturated rings. The van der Waals surface area contributed by atoms with E-state index >= 15 is 0 Å². The van der Waals surface area contributed by atoms with Crippen LogP contribution in [0.1, 0.15) is 101 Å². The molecule has 2 aliphatic rings. The number of ether oxygens (including phenoxy) is 1. The van der Waals surface area contributed by atoms with Crippen LogP contribution in [0.25, 0.3) is 22.4 Å². The summed E-state index contributed by atoms with van der Waals surface area (Å²) in [6.07, 6.45) is 6.82. The highest BCUT2D eigenvalue weighted by Crippen LogP contribution is 2.35. The zero-order chi connectivity index (χ0) is 36.1. The minimum absolute atomic E-state index is 0. The van der Waals surface area contributed by atoms with Crippen LogP contribution in [0.5, 0.6) is 0 Å². The Hall–Kier alpha value is -4.45. The fourth-order valence-corrected chi connectivity index (χ4v) is 6.75. The van der Waals surface area contributed by atoms with Crippen LogP contribution in [0.15, 0.2) is 54.9 Å². The van der Waals surface area contributed by atoms with Crippen LogP contribution < -0.4 is 10.6 Å². The number of carbonyl (C=O) groups is 2. The van der Waals surface area contributed by atoms with E-state index in [4.69, 9.17) is 9.72 Å². The number of likely N-dealkylation sites (tertiary alicyclic amines) is 1. The molecule has 0 aliphatic carbocycles. The zero-order valence-corrected chi connectivity index (χ0v) is 34.0. The van der Waals surface area contributed by atoms with Crippen LogP contribution in [0.3, 0.4) is 0 Å². The number of benzene rings is 2. The molecule has 13 heteroatoms. The standard InChI is InChI=1S/C41H47N7O3.3ClH/c1-26(2)36(47-40(50)51-6)39(49)48-21-11-17-35(48)38-44-25-34(46-38)29-19-18-27(32(23-29)28-13-9-14-30(22-28)41(3,4)5)12-7-8-15-31-24-43-37(45-31)33-16-10-20-42-33;;;/h9,13-14,18-19,22-26,33,35-36,42H,10-11,16-17,20-21H2,1-6H3,(H,43,45)(H,44,46)(H,47,50);3*1H/t33?,35?,36-;;;/m0.../s1. The van der Waals surface area contributed by atoms with Crippen LogP contribution >= 0.6 is 37.2 Å². The molecule has 2 amide bonds. The van der Waals surface area contributed by atoms with E-state index < -0.39 is 12.1 Å². The Kier molecular flexibility index (Phi) is 15.7. The lowest BCUT2D eigenvalue weighted by atomic mass is 9.85. The molecule has 2 aromatic heterocycles. The van der Waals surface area contributed by atoms with E-state index in [1.54, 1.807) is 6.20 Å². The van der Waals surface area contributed by atoms with Crippen LogP contribution in [-0.2, 0) is 14.9 Å². The molecule has 4 N–H and O–H groups in total. The third kappa shape index (κ3) is 10.2. The summed E-state index contributed by atoms with van der Waals surface area (Å²) in [7, 11) is 1.30. The Morgan fingerprint density at radius 3 is 2.39 bits per heavy atom. The molecule has 3 atom stereocenters. The molecule has 0 spiro atoms. The number of H-pyrrole nitrogens is 2. The van der Waals surface area contributed by atoms with Gasteiger partial charge in [0.25, 0.3) is 0 Å². The first-order valence-electron chi connectivity index (χ1n) is 17.8. The van der Waals surface area contributed by atoms with Crippen molar-refractivity contribution in [3.05, 3.63) is 83.3 Å². The molecular weight excluding hydrogens is 745 g/mol. The van der Waals surface area contributed by atoms with Gasteiger partial charge in [0.05, 0.1) is 37.3 Å². The third-order valence-corrected chi connectivity index (χ3v) is 9.65. The SMILES string of the molecule is COC(=O)N[C@H](C(=O)N1CCCC1c1ncc(-c2ccc(C#CC#Cc3cnc(C4CCCN4)[nH]3)c(-c3cccc(C(C)(C)C)c3)c2)[nH]1)C(C)C.Cl.Cl.Cl. The highest BCUT2D eigenvalue weighted by atomic mass is 35.5. The molecule has 288 valence electrons. The van der Waals surface area contributed by atoms with Crippen molar-refractivity contribution in [1.29, 1.82) is 0 Å². The van der Waals surface area contributed by atoms with Crippen LogP contribution in [0.4, 0.5) is 4.79 Å². The summed E-state index contributed by atoms with van der Waals surface area (Å²) < 4.78 is 4.78. The average molecular weight is 795 g/mol. The number of halogens is 3. The number of carbonyl (C=O) groups excluding carboxylic acids is 2. The number of nitrogens with zero attached hydrogens (tertiary/aromatic N) is 3. The van der Waals surface area contributed by atoms with Crippen molar-refractivity contribution in [2.45, 2.75) is 83.8 Å². The minimum Gasteiger partial charge on any atom is -0.453 e. The van der Waals surface area contributed by atoms with Gasteiger partial charge in [-0.2, -0.15) is 0 Å². The summed E-state index contributed by atoms with van der Waals surface area (Å²) in [5, 5.41) is 6.17. The van der Waals surface area contributed by atoms with Gasteiger partial charge >= 0.3 is 6.09 Å². The van der Waals surface area contributed by atoms with E-state index in [-0.39, 0.29) is 66.5 Å². The second-order valence-corrected chi connectivity index (χ2v) is 14.7. The Bertz CT molecular complexity index is 2020. The number of imidazole rings is 2. The van der Waals surface area contributed by atoms with Crippen molar-refractivity contribution in [3.63, 3.8) is 0 Å². The third-order valence-electron chi connectivity index (χ3n) is 9.65. The summed E-state index contributed by atoms with van der Waals surface area (Å²) in [5.74, 6) is 13.9. The monoisotopic (exact) mass is 793 g/mol. The maximum Gasteiger partial charge on any atom is 0.407 e. The molecule has 0 bridgehead atoms. The maximum absolute atomic E-state index is 13.7. The molecule has 4 aromatic rings. The highest BCUT2D eigenvalue weighted by Gasteiger charge is 2.37. The number of methoxy groups -OCH3 is 1. The number of aromatic nitrogens is 4. The zero-order valence-electron chi connectivity index (χ0n) is 31.5. The van der Waals surface area contributed by atoms with E-state index in [1.165, 1.54) is 12.7 Å². The first-order chi connectivity index (χ1) is 24.5. The van der Waals surface area contributed by atoms with Gasteiger partial charge in [0.15, 0.2) is 0 Å². The van der Waals surface area contributed by atoms with Crippen molar-refractivity contribution in [1.82, 2.24) is 35.5 Å². The number of aromatic amines is 2. The van der Waals surface area contributed by atoms with Crippen molar-refractivity contribution in [3.8, 4) is 46.1 Å². The first-order valence-corrected chi connectivity index (χ1v) is 17.8. The summed E-state index contributed by atoms with van der Waals surface area (Å²) in [4.78, 5) is 43.6. The van der Waals surface area contributed by atoms with Crippen molar-refractivity contribution in [2.24, 2.45) is 5.92 Å². The minimum atomic E-state index is -0.691.